The number of hydrogen-bond acceptors (Lipinski definition) is 5. The molecule has 0 aromatic rings. The fourth-order valence-electron chi connectivity index (χ4n) is 0.365. The van der Waals surface area contributed by atoms with E-state index in [9.17, 15) is 0 Å². The van der Waals surface area contributed by atoms with E-state index in [2.05, 4.69) is 27.5 Å². The first-order valence-electron chi connectivity index (χ1n) is 5.02. The molecular weight excluding hydrogens is 508 g/mol. The molecule has 0 saturated carbocycles. The van der Waals surface area contributed by atoms with Crippen LogP contribution in [0, 0.1) is 0 Å². The average Bonchev–Trinajstić information content (AvgIpc) is 1.62. The maximum absolute atomic E-state index is 4.85. The second-order valence-electron chi connectivity index (χ2n) is 2.72. The second-order valence-corrected chi connectivity index (χ2v) is 17.9. The minimum absolute atomic E-state index is 0. The van der Waals surface area contributed by atoms with Gasteiger partial charge in [-0.05, 0) is 0 Å². The summed E-state index contributed by atoms with van der Waals surface area (Å²) in [6.07, 6.45) is 0. The zero-order valence-corrected chi connectivity index (χ0v) is 19.0. The fourth-order valence-corrected chi connectivity index (χ4v) is 4.02. The standard InChI is InChI=1S/C2H5AsO.2C2H5AsS.CH3AsO2.CH4/c3*1-2-4-3-1;1-3-2-4-1;/h3*3H,1-2H2;2H,1H2;1H4. The van der Waals surface area contributed by atoms with Gasteiger partial charge in [0.25, 0.3) is 0 Å². The number of hydrogen-bond donors (Lipinski definition) is 0. The maximum atomic E-state index is 4.85. The van der Waals surface area contributed by atoms with Crippen molar-refractivity contribution in [3.63, 3.8) is 0 Å². The van der Waals surface area contributed by atoms with Crippen molar-refractivity contribution in [2.75, 3.05) is 24.9 Å². The molecule has 4 aliphatic heterocycles. The molecule has 0 spiro atoms. The summed E-state index contributed by atoms with van der Waals surface area (Å²) >= 11 is 1.11. The molecule has 17 heavy (non-hydrogen) atoms. The van der Waals surface area contributed by atoms with E-state index in [0.29, 0.717) is 36.0 Å². The van der Waals surface area contributed by atoms with Crippen LogP contribution < -0.4 is 0 Å². The predicted molar refractivity (Wildman–Crippen MR) is 87.7 cm³/mol. The van der Waals surface area contributed by atoms with E-state index in [1.807, 2.05) is 0 Å². The SMILES string of the molecule is C.C1C[AsH]O1.C1C[AsH]S1.C1C[AsH]S1.C1O[AsH]O1. The van der Waals surface area contributed by atoms with Crippen molar-refractivity contribution in [2.45, 2.75) is 23.1 Å². The summed E-state index contributed by atoms with van der Waals surface area (Å²) < 4.78 is 14.1. The van der Waals surface area contributed by atoms with E-state index in [0.717, 1.165) is 6.61 Å². The normalized spacial score (nSPS) is 26.8. The Hall–Kier alpha value is 2.81. The van der Waals surface area contributed by atoms with Crippen LogP contribution in [0.25, 0.3) is 0 Å². The predicted octanol–water partition coefficient (Wildman–Crippen LogP) is 0.686. The molecule has 3 nitrogen and oxygen atoms in total. The van der Waals surface area contributed by atoms with Crippen LogP contribution in [0.15, 0.2) is 0 Å². The quantitative estimate of drug-likeness (QED) is 0.431. The molecule has 4 fully saturated rings. The molecule has 4 heterocycles. The van der Waals surface area contributed by atoms with Gasteiger partial charge in [-0.3, -0.25) is 0 Å². The second kappa shape index (κ2) is 16.9. The van der Waals surface area contributed by atoms with E-state index in [1.165, 1.54) is 16.7 Å². The van der Waals surface area contributed by atoms with Crippen LogP contribution in [0.2, 0.25) is 15.6 Å². The van der Waals surface area contributed by atoms with Crippen LogP contribution in [0.5, 0.6) is 0 Å². The molecule has 104 valence electrons. The monoisotopic (exact) mass is 530 g/mol. The third-order valence-electron chi connectivity index (χ3n) is 1.46. The zero-order chi connectivity index (χ0) is 11.3. The van der Waals surface area contributed by atoms with Gasteiger partial charge in [0.15, 0.2) is 0 Å². The number of rotatable bonds is 0. The van der Waals surface area contributed by atoms with Gasteiger partial charge in [0.2, 0.25) is 0 Å². The molecule has 4 aliphatic rings. The van der Waals surface area contributed by atoms with Gasteiger partial charge in [-0.25, -0.2) is 0 Å². The summed E-state index contributed by atoms with van der Waals surface area (Å²) in [5.41, 5.74) is 0. The van der Waals surface area contributed by atoms with Crippen molar-refractivity contribution in [1.82, 2.24) is 0 Å². The summed E-state index contributed by atoms with van der Waals surface area (Å²) in [5, 5.41) is 4.58. The molecule has 0 amide bonds. The topological polar surface area (TPSA) is 27.7 Å². The van der Waals surface area contributed by atoms with Gasteiger partial charge >= 0.3 is 133 Å². The van der Waals surface area contributed by atoms with E-state index in [-0.39, 0.29) is 40.0 Å². The van der Waals surface area contributed by atoms with Crippen LogP contribution in [0.3, 0.4) is 0 Å². The van der Waals surface area contributed by atoms with Gasteiger partial charge in [-0.15, -0.1) is 0 Å². The van der Waals surface area contributed by atoms with E-state index in [1.54, 1.807) is 10.4 Å². The molecule has 4 rings (SSSR count). The Labute approximate surface area is 139 Å². The molecule has 0 aromatic carbocycles. The molecular formula is C8H22As4O3S2. The van der Waals surface area contributed by atoms with E-state index >= 15 is 0 Å². The van der Waals surface area contributed by atoms with E-state index in [4.69, 9.17) is 3.73 Å². The summed E-state index contributed by atoms with van der Waals surface area (Å²) in [6, 6.07) is 0. The van der Waals surface area contributed by atoms with Gasteiger partial charge in [-0.1, -0.05) is 7.43 Å². The van der Waals surface area contributed by atoms with Crippen LogP contribution >= 0.6 is 20.0 Å². The Morgan fingerprint density at radius 1 is 0.824 bits per heavy atom. The summed E-state index contributed by atoms with van der Waals surface area (Å²) in [5.74, 6) is 2.94. The zero-order valence-electron chi connectivity index (χ0n) is 8.99. The van der Waals surface area contributed by atoms with Gasteiger partial charge < -0.3 is 0 Å². The van der Waals surface area contributed by atoms with Crippen molar-refractivity contribution in [3.05, 3.63) is 0 Å². The Balaban J connectivity index is 0.000000197. The molecule has 3 unspecified atom stereocenters. The van der Waals surface area contributed by atoms with Crippen molar-refractivity contribution in [2.24, 2.45) is 0 Å². The first-order valence-corrected chi connectivity index (χ1v) is 19.2. The third-order valence-corrected chi connectivity index (χ3v) is 16.1. The van der Waals surface area contributed by atoms with Gasteiger partial charge in [-0.2, -0.15) is 0 Å². The van der Waals surface area contributed by atoms with Gasteiger partial charge in [0.05, 0.1) is 0 Å². The summed E-state index contributed by atoms with van der Waals surface area (Å²) in [4.78, 5) is 0. The molecule has 0 aliphatic carbocycles. The van der Waals surface area contributed by atoms with Crippen LogP contribution in [0.4, 0.5) is 0 Å². The molecule has 0 N–H and O–H groups in total. The molecule has 0 bridgehead atoms. The first-order chi connectivity index (χ1) is 8.00. The fraction of sp³-hybridized carbons (Fsp3) is 1.00. The van der Waals surface area contributed by atoms with Crippen LogP contribution in [-0.2, 0) is 11.2 Å². The third kappa shape index (κ3) is 15.0. The van der Waals surface area contributed by atoms with Crippen molar-refractivity contribution in [1.29, 1.82) is 0 Å². The molecule has 0 aromatic heterocycles. The summed E-state index contributed by atoms with van der Waals surface area (Å²) in [6.45, 7) is 1.61. The Kier molecular flexibility index (Phi) is 19.7. The van der Waals surface area contributed by atoms with Crippen LogP contribution in [0.1, 0.15) is 7.43 Å². The molecule has 4 saturated heterocycles. The average molecular weight is 530 g/mol. The van der Waals surface area contributed by atoms with E-state index < -0.39 is 0 Å². The molecule has 3 atom stereocenters. The van der Waals surface area contributed by atoms with Crippen molar-refractivity contribution in [3.8, 4) is 0 Å². The van der Waals surface area contributed by atoms with Gasteiger partial charge in [0.1, 0.15) is 0 Å². The van der Waals surface area contributed by atoms with Crippen LogP contribution in [-0.4, -0.2) is 86.6 Å². The van der Waals surface area contributed by atoms with Gasteiger partial charge in [0, 0.05) is 0 Å². The Morgan fingerprint density at radius 3 is 1.00 bits per heavy atom. The minimum atomic E-state index is -0.306. The summed E-state index contributed by atoms with van der Waals surface area (Å²) in [7, 11) is 4.32. The van der Waals surface area contributed by atoms with Crippen molar-refractivity contribution >= 4 is 81.8 Å². The molecule has 0 radical (unpaired) electrons. The molecule has 9 heteroatoms. The first kappa shape index (κ1) is 19.8. The Morgan fingerprint density at radius 2 is 1.00 bits per heavy atom. The van der Waals surface area contributed by atoms with Crippen molar-refractivity contribution < 1.29 is 11.2 Å². The Bertz CT molecular complexity index is 94.7.